The van der Waals surface area contributed by atoms with Crippen molar-refractivity contribution in [2.24, 2.45) is 0 Å². The summed E-state index contributed by atoms with van der Waals surface area (Å²) in [6.45, 7) is 6.05. The van der Waals surface area contributed by atoms with Crippen molar-refractivity contribution in [1.29, 1.82) is 0 Å². The third kappa shape index (κ3) is 3.49. The van der Waals surface area contributed by atoms with Crippen molar-refractivity contribution in [2.75, 3.05) is 14.1 Å². The molecule has 0 rings (SSSR count). The first kappa shape index (κ1) is 8.92. The lowest BCUT2D eigenvalue weighted by atomic mass is 10.6. The molecule has 0 heterocycles. The molecule has 0 bridgehead atoms. The first-order valence-electron chi connectivity index (χ1n) is 3.51. The molecular weight excluding hydrogens is 126 g/mol. The van der Waals surface area contributed by atoms with Gasteiger partial charge in [-0.1, -0.05) is 19.0 Å². The summed E-state index contributed by atoms with van der Waals surface area (Å²) >= 11 is 0. The van der Waals surface area contributed by atoms with Gasteiger partial charge >= 0.3 is 0 Å². The Morgan fingerprint density at radius 1 is 1.56 bits per heavy atom. The van der Waals surface area contributed by atoms with Crippen LogP contribution in [0.15, 0.2) is 12.3 Å². The van der Waals surface area contributed by atoms with Gasteiger partial charge in [0, 0.05) is 0 Å². The van der Waals surface area contributed by atoms with Gasteiger partial charge in [0.1, 0.15) is 8.96 Å². The molecule has 0 N–H and O–H groups in total. The van der Waals surface area contributed by atoms with E-state index in [2.05, 4.69) is 37.9 Å². The smallest absolute Gasteiger partial charge is 0.135 e. The third-order valence-corrected chi connectivity index (χ3v) is 4.56. The van der Waals surface area contributed by atoms with Gasteiger partial charge in [0.25, 0.3) is 0 Å². The number of hydrogen-bond acceptors (Lipinski definition) is 1. The zero-order valence-electron chi connectivity index (χ0n) is 6.72. The lowest BCUT2D eigenvalue weighted by Crippen LogP contribution is -2.30. The molecule has 0 radical (unpaired) electrons. The quantitative estimate of drug-likeness (QED) is 0.538. The van der Waals surface area contributed by atoms with Gasteiger partial charge < -0.3 is 4.57 Å². The fraction of sp³-hybridized carbons (Fsp3) is 0.714. The monoisotopic (exact) mass is 143 g/mol. The molecular formula is C7H17NSi. The topological polar surface area (TPSA) is 3.24 Å². The summed E-state index contributed by atoms with van der Waals surface area (Å²) in [6.07, 6.45) is 1.29. The van der Waals surface area contributed by atoms with Gasteiger partial charge in [0.05, 0.1) is 0 Å². The molecule has 1 unspecified atom stereocenters. The van der Waals surface area contributed by atoms with Crippen LogP contribution in [-0.2, 0) is 0 Å². The molecule has 0 aromatic carbocycles. The molecule has 0 saturated heterocycles. The summed E-state index contributed by atoms with van der Waals surface area (Å²) in [5, 5.41) is 0. The highest BCUT2D eigenvalue weighted by molar-refractivity contribution is 6.61. The largest absolute Gasteiger partial charge is 0.328 e. The van der Waals surface area contributed by atoms with E-state index in [1.54, 1.807) is 0 Å². The molecule has 0 aromatic heterocycles. The zero-order valence-corrected chi connectivity index (χ0v) is 7.88. The van der Waals surface area contributed by atoms with Gasteiger partial charge in [0.15, 0.2) is 0 Å². The summed E-state index contributed by atoms with van der Waals surface area (Å²) < 4.78 is 2.33. The van der Waals surface area contributed by atoms with E-state index in [1.807, 2.05) is 0 Å². The van der Waals surface area contributed by atoms with Crippen LogP contribution in [-0.4, -0.2) is 27.6 Å². The molecule has 1 atom stereocenters. The molecule has 1 nitrogen and oxygen atoms in total. The molecule has 0 saturated carbocycles. The summed E-state index contributed by atoms with van der Waals surface area (Å²) in [5.41, 5.74) is 2.14. The van der Waals surface area contributed by atoms with Gasteiger partial charge in [-0.2, -0.15) is 0 Å². The van der Waals surface area contributed by atoms with Crippen LogP contribution in [0.25, 0.3) is 0 Å². The van der Waals surface area contributed by atoms with Gasteiger partial charge in [-0.25, -0.2) is 0 Å². The van der Waals surface area contributed by atoms with Crippen LogP contribution in [0.5, 0.6) is 0 Å². The van der Waals surface area contributed by atoms with E-state index >= 15 is 0 Å². The predicted molar refractivity (Wildman–Crippen MR) is 46.1 cm³/mol. The Morgan fingerprint density at radius 2 is 2.11 bits per heavy atom. The van der Waals surface area contributed by atoms with Crippen molar-refractivity contribution in [3.63, 3.8) is 0 Å². The highest BCUT2D eigenvalue weighted by atomic mass is 28.3. The second-order valence-corrected chi connectivity index (χ2v) is 5.77. The Kier molecular flexibility index (Phi) is 4.72. The number of hydrogen-bond donors (Lipinski definition) is 0. The second kappa shape index (κ2) is 4.76. The van der Waals surface area contributed by atoms with Crippen LogP contribution in [0, 0.1) is 0 Å². The lowest BCUT2D eigenvalue weighted by Gasteiger charge is -2.17. The van der Waals surface area contributed by atoms with Crippen molar-refractivity contribution in [2.45, 2.75) is 19.4 Å². The molecule has 0 spiro atoms. The zero-order chi connectivity index (χ0) is 7.28. The first-order chi connectivity index (χ1) is 4.22. The lowest BCUT2D eigenvalue weighted by molar-refractivity contribution is 0.641. The first-order valence-corrected chi connectivity index (χ1v) is 5.51. The summed E-state index contributed by atoms with van der Waals surface area (Å²) in [4.78, 5) is 0. The van der Waals surface area contributed by atoms with Gasteiger partial charge in [-0.3, -0.25) is 0 Å². The van der Waals surface area contributed by atoms with Crippen LogP contribution >= 0.6 is 0 Å². The van der Waals surface area contributed by atoms with E-state index in [9.17, 15) is 0 Å². The summed E-state index contributed by atoms with van der Waals surface area (Å²) in [5.74, 6) is 0. The van der Waals surface area contributed by atoms with E-state index in [1.165, 1.54) is 12.5 Å². The van der Waals surface area contributed by atoms with E-state index < -0.39 is 8.96 Å². The second-order valence-electron chi connectivity index (χ2n) is 2.56. The van der Waals surface area contributed by atoms with E-state index in [0.717, 1.165) is 0 Å². The fourth-order valence-electron chi connectivity index (χ4n) is 0.883. The molecule has 54 valence electrons. The highest BCUT2D eigenvalue weighted by Gasteiger charge is 2.05. The van der Waals surface area contributed by atoms with Gasteiger partial charge in [-0.15, -0.1) is 6.58 Å². The maximum atomic E-state index is 3.82. The number of nitrogens with zero attached hydrogens (tertiary/aromatic N) is 1. The molecule has 9 heavy (non-hydrogen) atoms. The van der Waals surface area contributed by atoms with Crippen LogP contribution < -0.4 is 0 Å². The Balaban J connectivity index is 3.54. The molecule has 2 heteroatoms. The van der Waals surface area contributed by atoms with Crippen LogP contribution in [0.4, 0.5) is 0 Å². The molecule has 0 aliphatic rings. The average Bonchev–Trinajstić information content (AvgIpc) is 1.82. The Hall–Kier alpha value is -0.0831. The van der Waals surface area contributed by atoms with Crippen molar-refractivity contribution >= 4 is 8.96 Å². The predicted octanol–water partition coefficient (Wildman–Crippen LogP) is 1.41. The van der Waals surface area contributed by atoms with Crippen LogP contribution in [0.3, 0.4) is 0 Å². The van der Waals surface area contributed by atoms with E-state index in [-0.39, 0.29) is 0 Å². The van der Waals surface area contributed by atoms with Crippen LogP contribution in [0.1, 0.15) is 13.3 Å². The van der Waals surface area contributed by atoms with Crippen molar-refractivity contribution in [1.82, 2.24) is 4.57 Å². The number of rotatable bonds is 4. The standard InChI is InChI=1S/C7H17NSi/c1-5-7-9(6-2)8(3)4/h6,9H,2,5,7H2,1,3-4H3. The summed E-state index contributed by atoms with van der Waals surface area (Å²) in [6, 6.07) is 1.36. The van der Waals surface area contributed by atoms with Crippen LogP contribution in [0.2, 0.25) is 6.04 Å². The maximum Gasteiger partial charge on any atom is 0.135 e. The Morgan fingerprint density at radius 3 is 2.22 bits per heavy atom. The minimum absolute atomic E-state index is 0.689. The van der Waals surface area contributed by atoms with Crippen molar-refractivity contribution < 1.29 is 0 Å². The third-order valence-electron chi connectivity index (χ3n) is 1.52. The van der Waals surface area contributed by atoms with E-state index in [0.29, 0.717) is 0 Å². The molecule has 0 aliphatic heterocycles. The fourth-order valence-corrected chi connectivity index (χ4v) is 2.65. The summed E-state index contributed by atoms with van der Waals surface area (Å²) in [7, 11) is 3.61. The highest BCUT2D eigenvalue weighted by Crippen LogP contribution is 1.99. The Bertz CT molecular complexity index is 81.0. The molecule has 0 amide bonds. The van der Waals surface area contributed by atoms with Gasteiger partial charge in [0.2, 0.25) is 0 Å². The molecule has 0 aliphatic carbocycles. The SMILES string of the molecule is C=C[SiH](CCC)N(C)C. The minimum Gasteiger partial charge on any atom is -0.328 e. The Labute approximate surface area is 60.1 Å². The normalized spacial score (nSPS) is 13.8. The van der Waals surface area contributed by atoms with E-state index in [4.69, 9.17) is 0 Å². The van der Waals surface area contributed by atoms with Gasteiger partial charge in [-0.05, 0) is 20.1 Å². The van der Waals surface area contributed by atoms with Crippen molar-refractivity contribution in [3.8, 4) is 0 Å². The van der Waals surface area contributed by atoms with Crippen molar-refractivity contribution in [3.05, 3.63) is 12.3 Å². The average molecular weight is 143 g/mol. The molecule has 0 aromatic rings. The minimum atomic E-state index is -0.689. The molecule has 0 fully saturated rings. The maximum absolute atomic E-state index is 3.82.